The third kappa shape index (κ3) is 4.46. The van der Waals surface area contributed by atoms with Crippen LogP contribution < -0.4 is 10.6 Å². The van der Waals surface area contributed by atoms with E-state index in [0.717, 1.165) is 0 Å². The SMILES string of the molecule is CC(C)NC(=O)[C@@H](NC(=O)c1cc2ccc(F)cc2nc1Cl)c1ccccc1. The fraction of sp³-hybridized carbons (Fsp3) is 0.190. The number of nitrogens with one attached hydrogen (secondary N) is 2. The van der Waals surface area contributed by atoms with Crippen LogP contribution in [0, 0.1) is 5.82 Å². The van der Waals surface area contributed by atoms with Gasteiger partial charge in [-0.2, -0.15) is 0 Å². The summed E-state index contributed by atoms with van der Waals surface area (Å²) in [6.07, 6.45) is 0. The Morgan fingerprint density at radius 2 is 1.75 bits per heavy atom. The van der Waals surface area contributed by atoms with E-state index in [0.29, 0.717) is 16.5 Å². The highest BCUT2D eigenvalue weighted by Gasteiger charge is 2.25. The number of carbonyl (C=O) groups excluding carboxylic acids is 2. The van der Waals surface area contributed by atoms with Crippen molar-refractivity contribution in [2.75, 3.05) is 0 Å². The van der Waals surface area contributed by atoms with Crippen molar-refractivity contribution in [2.45, 2.75) is 25.9 Å². The first-order valence-corrected chi connectivity index (χ1v) is 9.15. The average molecular weight is 400 g/mol. The Morgan fingerprint density at radius 3 is 2.43 bits per heavy atom. The average Bonchev–Trinajstić information content (AvgIpc) is 2.65. The van der Waals surface area contributed by atoms with Gasteiger partial charge in [-0.25, -0.2) is 9.37 Å². The van der Waals surface area contributed by atoms with E-state index in [1.54, 1.807) is 24.3 Å². The lowest BCUT2D eigenvalue weighted by Gasteiger charge is -2.20. The van der Waals surface area contributed by atoms with Gasteiger partial charge >= 0.3 is 0 Å². The van der Waals surface area contributed by atoms with E-state index in [2.05, 4.69) is 15.6 Å². The molecule has 0 fully saturated rings. The first-order valence-electron chi connectivity index (χ1n) is 8.77. The summed E-state index contributed by atoms with van der Waals surface area (Å²) < 4.78 is 13.4. The summed E-state index contributed by atoms with van der Waals surface area (Å²) in [5.41, 5.74) is 1.10. The molecule has 28 heavy (non-hydrogen) atoms. The van der Waals surface area contributed by atoms with Gasteiger partial charge in [-0.15, -0.1) is 0 Å². The quantitative estimate of drug-likeness (QED) is 0.636. The van der Waals surface area contributed by atoms with Crippen LogP contribution in [0.25, 0.3) is 10.9 Å². The molecule has 0 aliphatic heterocycles. The van der Waals surface area contributed by atoms with E-state index in [1.807, 2.05) is 19.9 Å². The maximum atomic E-state index is 13.4. The molecule has 2 N–H and O–H groups in total. The van der Waals surface area contributed by atoms with Gasteiger partial charge in [0.05, 0.1) is 11.1 Å². The van der Waals surface area contributed by atoms with Crippen molar-refractivity contribution in [2.24, 2.45) is 0 Å². The molecule has 0 spiro atoms. The van der Waals surface area contributed by atoms with E-state index >= 15 is 0 Å². The summed E-state index contributed by atoms with van der Waals surface area (Å²) >= 11 is 6.15. The molecular formula is C21H19ClFN3O2. The number of fused-ring (bicyclic) bond motifs is 1. The van der Waals surface area contributed by atoms with E-state index in [1.165, 1.54) is 24.3 Å². The Labute approximate surface area is 166 Å². The molecule has 3 rings (SSSR count). The van der Waals surface area contributed by atoms with Crippen LogP contribution in [-0.2, 0) is 4.79 Å². The lowest BCUT2D eigenvalue weighted by atomic mass is 10.0. The minimum absolute atomic E-state index is 0.0633. The van der Waals surface area contributed by atoms with Gasteiger partial charge in [-0.1, -0.05) is 41.9 Å². The number of aromatic nitrogens is 1. The fourth-order valence-electron chi connectivity index (χ4n) is 2.80. The van der Waals surface area contributed by atoms with Gasteiger partial charge in [0.2, 0.25) is 5.91 Å². The zero-order valence-electron chi connectivity index (χ0n) is 15.4. The minimum Gasteiger partial charge on any atom is -0.352 e. The molecule has 5 nitrogen and oxygen atoms in total. The number of benzene rings is 2. The second-order valence-corrected chi connectivity index (χ2v) is 7.00. The van der Waals surface area contributed by atoms with Crippen LogP contribution in [0.4, 0.5) is 4.39 Å². The van der Waals surface area contributed by atoms with Crippen molar-refractivity contribution >= 4 is 34.3 Å². The van der Waals surface area contributed by atoms with Crippen molar-refractivity contribution in [3.63, 3.8) is 0 Å². The maximum Gasteiger partial charge on any atom is 0.255 e. The van der Waals surface area contributed by atoms with Crippen molar-refractivity contribution in [1.29, 1.82) is 0 Å². The van der Waals surface area contributed by atoms with Crippen LogP contribution in [0.1, 0.15) is 35.8 Å². The van der Waals surface area contributed by atoms with Crippen LogP contribution in [0.3, 0.4) is 0 Å². The number of rotatable bonds is 5. The van der Waals surface area contributed by atoms with E-state index < -0.39 is 17.8 Å². The molecule has 0 bridgehead atoms. The summed E-state index contributed by atoms with van der Waals surface area (Å²) in [5.74, 6) is -1.32. The third-order valence-electron chi connectivity index (χ3n) is 4.08. The van der Waals surface area contributed by atoms with Gasteiger partial charge in [0.15, 0.2) is 0 Å². The summed E-state index contributed by atoms with van der Waals surface area (Å²) in [6, 6.07) is 13.5. The van der Waals surface area contributed by atoms with E-state index in [9.17, 15) is 14.0 Å². The Morgan fingerprint density at radius 1 is 1.04 bits per heavy atom. The molecule has 144 valence electrons. The van der Waals surface area contributed by atoms with Crippen LogP contribution in [0.2, 0.25) is 5.15 Å². The lowest BCUT2D eigenvalue weighted by molar-refractivity contribution is -0.123. The summed E-state index contributed by atoms with van der Waals surface area (Å²) in [4.78, 5) is 29.6. The minimum atomic E-state index is -0.893. The molecule has 0 saturated carbocycles. The molecule has 1 heterocycles. The molecule has 0 aliphatic rings. The zero-order valence-corrected chi connectivity index (χ0v) is 16.1. The highest BCUT2D eigenvalue weighted by molar-refractivity contribution is 6.33. The normalized spacial score (nSPS) is 12.0. The standard InChI is InChI=1S/C21H19ClFN3O2/c1-12(2)24-21(28)18(13-6-4-3-5-7-13)26-20(27)16-10-14-8-9-15(23)11-17(14)25-19(16)22/h3-12,18H,1-2H3,(H,24,28)(H,26,27)/t18-/m0/s1. The van der Waals surface area contributed by atoms with Crippen LogP contribution in [0.15, 0.2) is 54.6 Å². The smallest absolute Gasteiger partial charge is 0.255 e. The van der Waals surface area contributed by atoms with Crippen molar-refractivity contribution < 1.29 is 14.0 Å². The summed E-state index contributed by atoms with van der Waals surface area (Å²) in [5, 5.41) is 6.03. The number of carbonyl (C=O) groups is 2. The highest BCUT2D eigenvalue weighted by Crippen LogP contribution is 2.23. The van der Waals surface area contributed by atoms with Gasteiger partial charge in [0.1, 0.15) is 17.0 Å². The van der Waals surface area contributed by atoms with E-state index in [-0.39, 0.29) is 22.7 Å². The highest BCUT2D eigenvalue weighted by atomic mass is 35.5. The predicted octanol–water partition coefficient (Wildman–Crippen LogP) is 4.02. The van der Waals surface area contributed by atoms with Crippen LogP contribution >= 0.6 is 11.6 Å². The van der Waals surface area contributed by atoms with Gasteiger partial charge in [-0.3, -0.25) is 9.59 Å². The molecule has 7 heteroatoms. The Balaban J connectivity index is 1.93. The second kappa shape index (κ2) is 8.35. The molecule has 0 aliphatic carbocycles. The number of pyridine rings is 1. The van der Waals surface area contributed by atoms with Crippen LogP contribution in [0.5, 0.6) is 0 Å². The molecular weight excluding hydrogens is 381 g/mol. The molecule has 0 saturated heterocycles. The summed E-state index contributed by atoms with van der Waals surface area (Å²) in [6.45, 7) is 3.68. The molecule has 1 atom stereocenters. The van der Waals surface area contributed by atoms with Gasteiger partial charge in [-0.05, 0) is 37.6 Å². The Hall–Kier alpha value is -2.99. The van der Waals surface area contributed by atoms with Gasteiger partial charge in [0.25, 0.3) is 5.91 Å². The molecule has 2 aromatic carbocycles. The third-order valence-corrected chi connectivity index (χ3v) is 4.37. The molecule has 2 amide bonds. The molecule has 0 unspecified atom stereocenters. The van der Waals surface area contributed by atoms with Crippen molar-refractivity contribution in [1.82, 2.24) is 15.6 Å². The number of amides is 2. The second-order valence-electron chi connectivity index (χ2n) is 6.64. The number of hydrogen-bond acceptors (Lipinski definition) is 3. The first kappa shape index (κ1) is 19.8. The monoisotopic (exact) mass is 399 g/mol. The Kier molecular flexibility index (Phi) is 5.90. The first-order chi connectivity index (χ1) is 13.3. The molecule has 3 aromatic rings. The van der Waals surface area contributed by atoms with Gasteiger partial charge < -0.3 is 10.6 Å². The molecule has 0 radical (unpaired) electrons. The fourth-order valence-corrected chi connectivity index (χ4v) is 3.03. The van der Waals surface area contributed by atoms with Crippen molar-refractivity contribution in [3.05, 3.63) is 76.7 Å². The van der Waals surface area contributed by atoms with Crippen molar-refractivity contribution in [3.8, 4) is 0 Å². The van der Waals surface area contributed by atoms with Gasteiger partial charge in [0, 0.05) is 17.5 Å². The lowest BCUT2D eigenvalue weighted by Crippen LogP contribution is -2.42. The largest absolute Gasteiger partial charge is 0.352 e. The number of nitrogens with zero attached hydrogens (tertiary/aromatic N) is 1. The number of hydrogen-bond donors (Lipinski definition) is 2. The predicted molar refractivity (Wildman–Crippen MR) is 107 cm³/mol. The topological polar surface area (TPSA) is 71.1 Å². The zero-order chi connectivity index (χ0) is 20.3. The Bertz CT molecular complexity index is 1020. The maximum absolute atomic E-state index is 13.4. The number of halogens is 2. The summed E-state index contributed by atoms with van der Waals surface area (Å²) in [7, 11) is 0. The van der Waals surface area contributed by atoms with E-state index in [4.69, 9.17) is 11.6 Å². The van der Waals surface area contributed by atoms with Crippen LogP contribution in [-0.4, -0.2) is 22.8 Å². The molecule has 1 aromatic heterocycles.